The molecular formula is C19H22N4O. The normalized spacial score (nSPS) is 11.0. The molecule has 5 nitrogen and oxygen atoms in total. The van der Waals surface area contributed by atoms with Gasteiger partial charge >= 0.3 is 6.03 Å². The van der Waals surface area contributed by atoms with Gasteiger partial charge in [-0.3, -0.25) is 0 Å². The van der Waals surface area contributed by atoms with Gasteiger partial charge < -0.3 is 4.90 Å². The Bertz CT molecular complexity index is 836. The Hall–Kier alpha value is -2.82. The summed E-state index contributed by atoms with van der Waals surface area (Å²) in [6.45, 7) is 4.89. The van der Waals surface area contributed by atoms with E-state index in [9.17, 15) is 4.79 Å². The zero-order valence-corrected chi connectivity index (χ0v) is 14.2. The molecule has 0 radical (unpaired) electrons. The largest absolute Gasteiger partial charge is 0.336 e. The van der Waals surface area contributed by atoms with Crippen LogP contribution in [0.3, 0.4) is 0 Å². The van der Waals surface area contributed by atoms with Gasteiger partial charge in [0.2, 0.25) is 0 Å². The number of aromatic nitrogens is 2. The number of benzene rings is 2. The summed E-state index contributed by atoms with van der Waals surface area (Å²) < 4.78 is 1.65. The Morgan fingerprint density at radius 3 is 2.58 bits per heavy atom. The fraction of sp³-hybridized carbons (Fsp3) is 0.263. The van der Waals surface area contributed by atoms with Crippen molar-refractivity contribution >= 4 is 17.1 Å². The minimum absolute atomic E-state index is 0.175. The van der Waals surface area contributed by atoms with E-state index >= 15 is 0 Å². The van der Waals surface area contributed by atoms with Crippen LogP contribution in [-0.4, -0.2) is 27.6 Å². The van der Waals surface area contributed by atoms with Crippen LogP contribution in [-0.2, 0) is 6.54 Å². The summed E-state index contributed by atoms with van der Waals surface area (Å²) in [4.78, 5) is 18.3. The number of carbonyl (C=O) groups is 1. The number of nitrogens with one attached hydrogen (secondary N) is 1. The summed E-state index contributed by atoms with van der Waals surface area (Å²) in [6, 6.07) is 15.9. The molecule has 3 aromatic rings. The first-order valence-electron chi connectivity index (χ1n) is 8.07. The lowest BCUT2D eigenvalue weighted by Crippen LogP contribution is -2.35. The van der Waals surface area contributed by atoms with E-state index in [-0.39, 0.29) is 6.03 Å². The molecule has 0 saturated heterocycles. The molecule has 3 rings (SSSR count). The average Bonchev–Trinajstić information content (AvgIpc) is 2.98. The van der Waals surface area contributed by atoms with Crippen LogP contribution in [0.1, 0.15) is 30.9 Å². The summed E-state index contributed by atoms with van der Waals surface area (Å²) in [5.41, 5.74) is 6.99. The maximum atomic E-state index is 12.4. The van der Waals surface area contributed by atoms with E-state index in [0.29, 0.717) is 12.5 Å². The van der Waals surface area contributed by atoms with Crippen molar-refractivity contribution in [2.45, 2.75) is 26.3 Å². The number of urea groups is 1. The first-order chi connectivity index (χ1) is 11.5. The number of rotatable bonds is 4. The standard InChI is InChI=1S/C19H22N4O/c1-14(2)16-10-8-15(9-11-16)12-22(3)19(24)21-23-13-20-17-6-4-5-7-18(17)23/h4-11,13-14H,12H2,1-3H3,(H,21,24). The van der Waals surface area contributed by atoms with Crippen molar-refractivity contribution in [3.05, 3.63) is 66.0 Å². The highest BCUT2D eigenvalue weighted by molar-refractivity contribution is 5.84. The van der Waals surface area contributed by atoms with Gasteiger partial charge in [0, 0.05) is 13.6 Å². The second-order valence-electron chi connectivity index (χ2n) is 6.27. The van der Waals surface area contributed by atoms with E-state index in [1.807, 2.05) is 24.3 Å². The Kier molecular flexibility index (Phi) is 4.51. The fourth-order valence-corrected chi connectivity index (χ4v) is 2.59. The van der Waals surface area contributed by atoms with Gasteiger partial charge in [-0.05, 0) is 29.2 Å². The number of hydrogen-bond donors (Lipinski definition) is 1. The molecule has 0 atom stereocenters. The van der Waals surface area contributed by atoms with Crippen LogP contribution >= 0.6 is 0 Å². The van der Waals surface area contributed by atoms with Gasteiger partial charge in [-0.15, -0.1) is 0 Å². The van der Waals surface area contributed by atoms with Gasteiger partial charge in [-0.1, -0.05) is 50.2 Å². The number of imidazole rings is 1. The van der Waals surface area contributed by atoms with Crippen molar-refractivity contribution in [3.63, 3.8) is 0 Å². The van der Waals surface area contributed by atoms with Crippen molar-refractivity contribution in [1.29, 1.82) is 0 Å². The molecule has 0 spiro atoms. The maximum Gasteiger partial charge on any atom is 0.336 e. The number of nitrogens with zero attached hydrogens (tertiary/aromatic N) is 3. The Morgan fingerprint density at radius 1 is 1.17 bits per heavy atom. The van der Waals surface area contributed by atoms with Gasteiger partial charge in [0.25, 0.3) is 0 Å². The number of amides is 2. The molecule has 0 bridgehead atoms. The van der Waals surface area contributed by atoms with Crippen LogP contribution in [0.5, 0.6) is 0 Å². The second-order valence-corrected chi connectivity index (χ2v) is 6.27. The molecular weight excluding hydrogens is 300 g/mol. The van der Waals surface area contributed by atoms with Gasteiger partial charge in [-0.25, -0.2) is 19.9 Å². The van der Waals surface area contributed by atoms with Crippen molar-refractivity contribution in [2.75, 3.05) is 12.5 Å². The summed E-state index contributed by atoms with van der Waals surface area (Å²) in [7, 11) is 1.78. The molecule has 1 N–H and O–H groups in total. The fourth-order valence-electron chi connectivity index (χ4n) is 2.59. The van der Waals surface area contributed by atoms with Crippen LogP contribution in [0, 0.1) is 0 Å². The van der Waals surface area contributed by atoms with E-state index < -0.39 is 0 Å². The molecule has 2 amide bonds. The van der Waals surface area contributed by atoms with Crippen molar-refractivity contribution in [3.8, 4) is 0 Å². The molecule has 0 unspecified atom stereocenters. The zero-order valence-electron chi connectivity index (χ0n) is 14.2. The average molecular weight is 322 g/mol. The van der Waals surface area contributed by atoms with Crippen LogP contribution in [0.15, 0.2) is 54.9 Å². The van der Waals surface area contributed by atoms with Gasteiger partial charge in [0.15, 0.2) is 0 Å². The quantitative estimate of drug-likeness (QED) is 0.790. The van der Waals surface area contributed by atoms with Gasteiger partial charge in [0.1, 0.15) is 6.33 Å². The van der Waals surface area contributed by atoms with E-state index in [2.05, 4.69) is 48.5 Å². The molecule has 5 heteroatoms. The summed E-state index contributed by atoms with van der Waals surface area (Å²) in [5.74, 6) is 0.509. The first-order valence-corrected chi connectivity index (χ1v) is 8.07. The van der Waals surface area contributed by atoms with E-state index in [4.69, 9.17) is 0 Å². The third-order valence-corrected chi connectivity index (χ3v) is 4.08. The van der Waals surface area contributed by atoms with Crippen molar-refractivity contribution in [1.82, 2.24) is 14.6 Å². The topological polar surface area (TPSA) is 50.2 Å². The number of hydrogen-bond acceptors (Lipinski definition) is 2. The highest BCUT2D eigenvalue weighted by Crippen LogP contribution is 2.15. The number of para-hydroxylation sites is 2. The van der Waals surface area contributed by atoms with E-state index in [0.717, 1.165) is 16.6 Å². The molecule has 0 aliphatic rings. The van der Waals surface area contributed by atoms with Gasteiger partial charge in [-0.2, -0.15) is 0 Å². The summed E-state index contributed by atoms with van der Waals surface area (Å²) in [5, 5.41) is 0. The molecule has 1 aromatic heterocycles. The van der Waals surface area contributed by atoms with Gasteiger partial charge in [0.05, 0.1) is 11.0 Å². The lowest BCUT2D eigenvalue weighted by atomic mass is 10.0. The van der Waals surface area contributed by atoms with Crippen LogP contribution in [0.25, 0.3) is 11.0 Å². The molecule has 2 aromatic carbocycles. The third-order valence-electron chi connectivity index (χ3n) is 4.08. The monoisotopic (exact) mass is 322 g/mol. The first kappa shape index (κ1) is 16.1. The van der Waals surface area contributed by atoms with E-state index in [1.54, 1.807) is 23.0 Å². The molecule has 0 aliphatic carbocycles. The molecule has 0 fully saturated rings. The minimum atomic E-state index is -0.175. The van der Waals surface area contributed by atoms with E-state index in [1.165, 1.54) is 5.56 Å². The SMILES string of the molecule is CC(C)c1ccc(CN(C)C(=O)Nn2cnc3ccccc32)cc1. The molecule has 0 saturated carbocycles. The summed E-state index contributed by atoms with van der Waals surface area (Å²) in [6.07, 6.45) is 1.62. The smallest absolute Gasteiger partial charge is 0.322 e. The molecule has 24 heavy (non-hydrogen) atoms. The summed E-state index contributed by atoms with van der Waals surface area (Å²) >= 11 is 0. The minimum Gasteiger partial charge on any atom is -0.322 e. The van der Waals surface area contributed by atoms with Crippen LogP contribution in [0.2, 0.25) is 0 Å². The zero-order chi connectivity index (χ0) is 17.1. The Labute approximate surface area is 141 Å². The number of carbonyl (C=O) groups excluding carboxylic acids is 1. The highest BCUT2D eigenvalue weighted by Gasteiger charge is 2.11. The number of fused-ring (bicyclic) bond motifs is 1. The molecule has 124 valence electrons. The Morgan fingerprint density at radius 2 is 1.88 bits per heavy atom. The predicted molar refractivity (Wildman–Crippen MR) is 96.5 cm³/mol. The second kappa shape index (κ2) is 6.74. The van der Waals surface area contributed by atoms with Crippen molar-refractivity contribution in [2.24, 2.45) is 0 Å². The van der Waals surface area contributed by atoms with Crippen LogP contribution < -0.4 is 5.43 Å². The lowest BCUT2D eigenvalue weighted by molar-refractivity contribution is 0.217. The predicted octanol–water partition coefficient (Wildman–Crippen LogP) is 3.96. The highest BCUT2D eigenvalue weighted by atomic mass is 16.2. The van der Waals surface area contributed by atoms with Crippen LogP contribution in [0.4, 0.5) is 4.79 Å². The third kappa shape index (κ3) is 3.40. The lowest BCUT2D eigenvalue weighted by Gasteiger charge is -2.19. The Balaban J connectivity index is 1.66. The maximum absolute atomic E-state index is 12.4. The molecule has 0 aliphatic heterocycles. The molecule has 1 heterocycles. The van der Waals surface area contributed by atoms with Crippen molar-refractivity contribution < 1.29 is 4.79 Å².